The van der Waals surface area contributed by atoms with Gasteiger partial charge in [-0.05, 0) is 90.2 Å². The molecule has 0 bridgehead atoms. The first kappa shape index (κ1) is 33.5. The molecule has 2 aliphatic carbocycles. The topological polar surface area (TPSA) is 111 Å². The Morgan fingerprint density at radius 3 is 1.44 bits per heavy atom. The van der Waals surface area contributed by atoms with Gasteiger partial charge >= 0.3 is 11.9 Å². The fourth-order valence-electron chi connectivity index (χ4n) is 5.45. The molecule has 0 fully saturated rings. The number of esters is 2. The highest BCUT2D eigenvalue weighted by molar-refractivity contribution is 7.99. The Labute approximate surface area is 267 Å². The van der Waals surface area contributed by atoms with Gasteiger partial charge in [0.2, 0.25) is 11.8 Å². The lowest BCUT2D eigenvalue weighted by molar-refractivity contribution is -0.116. The highest BCUT2D eigenvalue weighted by Crippen LogP contribution is 2.39. The smallest absolute Gasteiger partial charge is 0.341 e. The van der Waals surface area contributed by atoms with Crippen LogP contribution in [0.5, 0.6) is 0 Å². The van der Waals surface area contributed by atoms with E-state index in [0.29, 0.717) is 32.6 Å². The van der Waals surface area contributed by atoms with Gasteiger partial charge in [-0.1, -0.05) is 12.8 Å². The maximum absolute atomic E-state index is 12.9. The average Bonchev–Trinajstić information content (AvgIpc) is 3.21. The van der Waals surface area contributed by atoms with Gasteiger partial charge in [0.1, 0.15) is 10.0 Å². The van der Waals surface area contributed by atoms with Crippen LogP contribution in [0.25, 0.3) is 0 Å². The molecule has 2 aliphatic rings. The molecule has 0 saturated heterocycles. The molecule has 2 aromatic heterocycles. The number of carbonyl (C=O) groups excluding carboxylic acids is 4. The van der Waals surface area contributed by atoms with E-state index in [9.17, 15) is 19.2 Å². The van der Waals surface area contributed by atoms with Gasteiger partial charge in [0.05, 0.1) is 23.3 Å². The molecule has 11 heteroatoms. The largest absolute Gasteiger partial charge is 0.459 e. The number of fused-ring (bicyclic) bond motifs is 2. The molecule has 0 radical (unpaired) electrons. The van der Waals surface area contributed by atoms with E-state index in [1.807, 2.05) is 27.7 Å². The number of ether oxygens (including phenoxy) is 2. The summed E-state index contributed by atoms with van der Waals surface area (Å²) < 4.78 is 11.0. The molecule has 4 rings (SSSR count). The molecule has 2 heterocycles. The number of nitrogens with one attached hydrogen (secondary N) is 2. The van der Waals surface area contributed by atoms with Gasteiger partial charge in [-0.2, -0.15) is 11.8 Å². The number of carbonyl (C=O) groups is 4. The van der Waals surface area contributed by atoms with E-state index in [4.69, 9.17) is 9.47 Å². The summed E-state index contributed by atoms with van der Waals surface area (Å²) in [7, 11) is 0. The van der Waals surface area contributed by atoms with Gasteiger partial charge < -0.3 is 20.1 Å². The predicted octanol–water partition coefficient (Wildman–Crippen LogP) is 7.57. The number of rotatable bonds is 12. The lowest BCUT2D eigenvalue weighted by atomic mass is 10.1. The van der Waals surface area contributed by atoms with Gasteiger partial charge in [0.15, 0.2) is 0 Å². The number of anilines is 2. The van der Waals surface area contributed by atoms with Gasteiger partial charge in [0, 0.05) is 34.1 Å². The van der Waals surface area contributed by atoms with Gasteiger partial charge in [-0.25, -0.2) is 9.59 Å². The first-order valence-electron chi connectivity index (χ1n) is 15.5. The van der Waals surface area contributed by atoms with Crippen molar-refractivity contribution in [2.24, 2.45) is 0 Å². The molecule has 0 aliphatic heterocycles. The van der Waals surface area contributed by atoms with Crippen LogP contribution in [0.1, 0.15) is 121 Å². The summed E-state index contributed by atoms with van der Waals surface area (Å²) in [6.45, 7) is 7.31. The van der Waals surface area contributed by atoms with Gasteiger partial charge in [-0.3, -0.25) is 9.59 Å². The second kappa shape index (κ2) is 16.1. The Morgan fingerprint density at radius 1 is 0.651 bits per heavy atom. The molecule has 236 valence electrons. The minimum absolute atomic E-state index is 0.152. The molecule has 2 amide bonds. The number of hydrogen-bond donors (Lipinski definition) is 2. The summed E-state index contributed by atoms with van der Waals surface area (Å²) in [5.41, 5.74) is 3.12. The monoisotopic (exact) mass is 648 g/mol. The Balaban J connectivity index is 1.28. The molecular formula is C32H44N2O6S3. The van der Waals surface area contributed by atoms with E-state index in [1.165, 1.54) is 44.2 Å². The maximum Gasteiger partial charge on any atom is 0.341 e. The van der Waals surface area contributed by atoms with E-state index in [2.05, 4.69) is 10.6 Å². The van der Waals surface area contributed by atoms with Crippen LogP contribution in [0, 0.1) is 0 Å². The molecule has 0 aromatic carbocycles. The molecule has 43 heavy (non-hydrogen) atoms. The number of amides is 2. The van der Waals surface area contributed by atoms with Crippen molar-refractivity contribution in [2.45, 2.75) is 117 Å². The zero-order chi connectivity index (χ0) is 30.9. The lowest BCUT2D eigenvalue weighted by Gasteiger charge is -2.12. The fraction of sp³-hybridized carbons (Fsp3) is 0.625. The first-order chi connectivity index (χ1) is 20.6. The quantitative estimate of drug-likeness (QED) is 0.139. The van der Waals surface area contributed by atoms with E-state index >= 15 is 0 Å². The molecule has 0 saturated carbocycles. The molecular weight excluding hydrogens is 605 g/mol. The standard InChI is InChI=1S/C32H44N2O6S3/c1-19(2)39-31(37)27-21-11-7-5-9-13-23(21)42-29(27)33-25(35)15-17-41-18-16-26(36)34-30-28(32(38)40-20(3)4)22-12-8-6-10-14-24(22)43-30/h19-20H,5-18H2,1-4H3,(H,33,35)(H,34,36). The van der Waals surface area contributed by atoms with Crippen molar-refractivity contribution in [1.29, 1.82) is 0 Å². The van der Waals surface area contributed by atoms with Crippen molar-refractivity contribution in [3.8, 4) is 0 Å². The molecule has 0 spiro atoms. The zero-order valence-electron chi connectivity index (χ0n) is 25.7. The van der Waals surface area contributed by atoms with E-state index in [-0.39, 0.29) is 48.8 Å². The minimum atomic E-state index is -0.368. The normalized spacial score (nSPS) is 14.8. The fourth-order valence-corrected chi connectivity index (χ4v) is 8.90. The Hall–Kier alpha value is -2.37. The molecule has 8 nitrogen and oxygen atoms in total. The number of aryl methyl sites for hydroxylation is 2. The van der Waals surface area contributed by atoms with Crippen molar-refractivity contribution >= 4 is 68.2 Å². The van der Waals surface area contributed by atoms with Crippen LogP contribution in [0.15, 0.2) is 0 Å². The second-order valence-electron chi connectivity index (χ2n) is 11.7. The SMILES string of the molecule is CC(C)OC(=O)c1c(NC(=O)CCSCCC(=O)Nc2sc3c(c2C(=O)OC(C)C)CCCCC3)sc2c1CCCCC2. The highest BCUT2D eigenvalue weighted by Gasteiger charge is 2.28. The highest BCUT2D eigenvalue weighted by atomic mass is 32.2. The minimum Gasteiger partial charge on any atom is -0.459 e. The van der Waals surface area contributed by atoms with Crippen LogP contribution in [-0.4, -0.2) is 47.5 Å². The van der Waals surface area contributed by atoms with Crippen LogP contribution in [-0.2, 0) is 44.7 Å². The number of hydrogen-bond acceptors (Lipinski definition) is 9. The molecule has 0 atom stereocenters. The predicted molar refractivity (Wildman–Crippen MR) is 176 cm³/mol. The van der Waals surface area contributed by atoms with Crippen molar-refractivity contribution in [3.63, 3.8) is 0 Å². The molecule has 0 unspecified atom stereocenters. The third-order valence-electron chi connectivity index (χ3n) is 7.39. The lowest BCUT2D eigenvalue weighted by Crippen LogP contribution is -2.18. The molecule has 2 aromatic rings. The maximum atomic E-state index is 12.9. The summed E-state index contributed by atoms with van der Waals surface area (Å²) in [5, 5.41) is 7.14. The Kier molecular flexibility index (Phi) is 12.5. The Bertz CT molecular complexity index is 1210. The van der Waals surface area contributed by atoms with E-state index in [1.54, 1.807) is 0 Å². The van der Waals surface area contributed by atoms with Gasteiger partial charge in [-0.15, -0.1) is 22.7 Å². The summed E-state index contributed by atoms with van der Waals surface area (Å²) in [6.07, 6.45) is 10.1. The first-order valence-corrected chi connectivity index (χ1v) is 18.3. The summed E-state index contributed by atoms with van der Waals surface area (Å²) in [5.74, 6) is 0.0613. The number of thioether (sulfide) groups is 1. The van der Waals surface area contributed by atoms with E-state index in [0.717, 1.165) is 75.3 Å². The summed E-state index contributed by atoms with van der Waals surface area (Å²) >= 11 is 4.53. The van der Waals surface area contributed by atoms with Crippen LogP contribution in [0.2, 0.25) is 0 Å². The Morgan fingerprint density at radius 2 is 1.05 bits per heavy atom. The van der Waals surface area contributed by atoms with Crippen LogP contribution >= 0.6 is 34.4 Å². The average molecular weight is 649 g/mol. The van der Waals surface area contributed by atoms with E-state index < -0.39 is 0 Å². The van der Waals surface area contributed by atoms with Crippen molar-refractivity contribution in [1.82, 2.24) is 0 Å². The second-order valence-corrected chi connectivity index (χ2v) is 15.1. The third-order valence-corrected chi connectivity index (χ3v) is 10.8. The van der Waals surface area contributed by atoms with Crippen molar-refractivity contribution < 1.29 is 28.7 Å². The zero-order valence-corrected chi connectivity index (χ0v) is 28.2. The van der Waals surface area contributed by atoms with Crippen LogP contribution in [0.3, 0.4) is 0 Å². The third kappa shape index (κ3) is 9.31. The molecule has 2 N–H and O–H groups in total. The van der Waals surface area contributed by atoms with Crippen molar-refractivity contribution in [3.05, 3.63) is 32.0 Å². The van der Waals surface area contributed by atoms with Crippen LogP contribution < -0.4 is 10.6 Å². The van der Waals surface area contributed by atoms with Crippen LogP contribution in [0.4, 0.5) is 10.0 Å². The summed E-state index contributed by atoms with van der Waals surface area (Å²) in [4.78, 5) is 53.9. The van der Waals surface area contributed by atoms with Gasteiger partial charge in [0.25, 0.3) is 0 Å². The summed E-state index contributed by atoms with van der Waals surface area (Å²) in [6, 6.07) is 0. The van der Waals surface area contributed by atoms with Crippen molar-refractivity contribution in [2.75, 3.05) is 22.1 Å². The number of thiophene rings is 2.